The molecule has 1 N–H and O–H groups in total. The summed E-state index contributed by atoms with van der Waals surface area (Å²) in [5.74, 6) is -1.61. The molecule has 0 bridgehead atoms. The quantitative estimate of drug-likeness (QED) is 0.499. The van der Waals surface area contributed by atoms with Crippen molar-refractivity contribution in [1.82, 2.24) is 0 Å². The molecule has 16 heavy (non-hydrogen) atoms. The number of hydrogen-bond donors (Lipinski definition) is 1. The molecule has 0 amide bonds. The number of carboxylic acids is 1. The van der Waals surface area contributed by atoms with Crippen molar-refractivity contribution in [2.24, 2.45) is 0 Å². The predicted molar refractivity (Wildman–Crippen MR) is 53.1 cm³/mol. The van der Waals surface area contributed by atoms with Crippen molar-refractivity contribution in [3.05, 3.63) is 33.9 Å². The third kappa shape index (κ3) is 2.47. The molecule has 1 rings (SSSR count). The molecule has 0 aliphatic heterocycles. The number of hydrogen-bond acceptors (Lipinski definition) is 5. The van der Waals surface area contributed by atoms with Crippen LogP contribution in [0.15, 0.2) is 23.1 Å². The Morgan fingerprint density at radius 1 is 1.44 bits per heavy atom. The van der Waals surface area contributed by atoms with Crippen molar-refractivity contribution >= 4 is 31.4 Å². The van der Waals surface area contributed by atoms with Crippen LogP contribution in [0.3, 0.4) is 0 Å². The zero-order valence-corrected chi connectivity index (χ0v) is 9.03. The van der Waals surface area contributed by atoms with Crippen molar-refractivity contribution in [3.8, 4) is 0 Å². The molecule has 0 fully saturated rings. The second-order valence-corrected chi connectivity index (χ2v) is 5.21. The summed E-state index contributed by atoms with van der Waals surface area (Å²) in [6.07, 6.45) is 0. The first-order valence-electron chi connectivity index (χ1n) is 3.70. The highest BCUT2D eigenvalue weighted by molar-refractivity contribution is 8.13. The van der Waals surface area contributed by atoms with Gasteiger partial charge in [0.05, 0.1) is 15.4 Å². The lowest BCUT2D eigenvalue weighted by molar-refractivity contribution is -0.384. The number of rotatable bonds is 3. The van der Waals surface area contributed by atoms with Crippen molar-refractivity contribution < 1.29 is 23.2 Å². The average molecular weight is 266 g/mol. The first-order valence-corrected chi connectivity index (χ1v) is 6.01. The summed E-state index contributed by atoms with van der Waals surface area (Å²) in [5, 5.41) is 19.1. The van der Waals surface area contributed by atoms with Gasteiger partial charge in [0.15, 0.2) is 0 Å². The maximum atomic E-state index is 11.0. The third-order valence-corrected chi connectivity index (χ3v) is 3.05. The van der Waals surface area contributed by atoms with E-state index in [1.165, 1.54) is 0 Å². The lowest BCUT2D eigenvalue weighted by atomic mass is 10.2. The largest absolute Gasteiger partial charge is 0.478 e. The van der Waals surface area contributed by atoms with Crippen LogP contribution in [-0.4, -0.2) is 24.4 Å². The molecular formula is C7H4ClNO6S. The molecule has 86 valence electrons. The van der Waals surface area contributed by atoms with E-state index in [0.29, 0.717) is 6.07 Å². The number of carbonyl (C=O) groups is 1. The molecule has 0 aromatic heterocycles. The average Bonchev–Trinajstić information content (AvgIpc) is 2.15. The molecule has 0 atom stereocenters. The van der Waals surface area contributed by atoms with Crippen molar-refractivity contribution in [1.29, 1.82) is 0 Å². The van der Waals surface area contributed by atoms with Gasteiger partial charge in [0.1, 0.15) is 0 Å². The molecule has 0 saturated heterocycles. The fraction of sp³-hybridized carbons (Fsp3) is 0. The highest BCUT2D eigenvalue weighted by Gasteiger charge is 2.23. The minimum Gasteiger partial charge on any atom is -0.478 e. The monoisotopic (exact) mass is 265 g/mol. The van der Waals surface area contributed by atoms with Crippen LogP contribution in [0.4, 0.5) is 5.69 Å². The number of non-ortho nitro benzene ring substituents is 1. The molecule has 0 aliphatic rings. The molecule has 1 aromatic carbocycles. The van der Waals surface area contributed by atoms with Gasteiger partial charge in [-0.3, -0.25) is 10.1 Å². The van der Waals surface area contributed by atoms with E-state index in [1.807, 2.05) is 0 Å². The molecule has 9 heteroatoms. The minimum absolute atomic E-state index is 0.526. The van der Waals surface area contributed by atoms with E-state index in [2.05, 4.69) is 0 Å². The zero-order chi connectivity index (χ0) is 12.5. The number of benzene rings is 1. The fourth-order valence-corrected chi connectivity index (χ4v) is 2.05. The van der Waals surface area contributed by atoms with Crippen molar-refractivity contribution in [3.63, 3.8) is 0 Å². The Morgan fingerprint density at radius 3 is 2.38 bits per heavy atom. The van der Waals surface area contributed by atoms with E-state index < -0.39 is 36.1 Å². The number of nitro groups is 1. The molecule has 7 nitrogen and oxygen atoms in total. The normalized spacial score (nSPS) is 11.1. The Balaban J connectivity index is 3.55. The van der Waals surface area contributed by atoms with E-state index >= 15 is 0 Å². The number of nitro benzene ring substituents is 1. The van der Waals surface area contributed by atoms with E-state index in [0.717, 1.165) is 12.1 Å². The van der Waals surface area contributed by atoms with E-state index in [-0.39, 0.29) is 0 Å². The molecule has 0 radical (unpaired) electrons. The van der Waals surface area contributed by atoms with Gasteiger partial charge in [0, 0.05) is 22.8 Å². The minimum atomic E-state index is -4.25. The Bertz CT molecular complexity index is 566. The zero-order valence-electron chi connectivity index (χ0n) is 7.45. The fourth-order valence-electron chi connectivity index (χ4n) is 1.01. The first kappa shape index (κ1) is 12.4. The standard InChI is InChI=1S/C7H4ClNO6S/c8-16(14,15)6-2-1-4(9(12)13)3-5(6)7(10)11/h1-3H,(H,10,11). The first-order chi connectivity index (χ1) is 7.23. The maximum absolute atomic E-state index is 11.0. The summed E-state index contributed by atoms with van der Waals surface area (Å²) >= 11 is 0. The summed E-state index contributed by atoms with van der Waals surface area (Å²) < 4.78 is 21.9. The van der Waals surface area contributed by atoms with Crippen LogP contribution in [0.5, 0.6) is 0 Å². The van der Waals surface area contributed by atoms with Crippen LogP contribution in [0.1, 0.15) is 10.4 Å². The van der Waals surface area contributed by atoms with Gasteiger partial charge in [0.25, 0.3) is 14.7 Å². The van der Waals surface area contributed by atoms with Crippen LogP contribution in [0, 0.1) is 10.1 Å². The highest BCUT2D eigenvalue weighted by atomic mass is 35.7. The van der Waals surface area contributed by atoms with Gasteiger partial charge >= 0.3 is 5.97 Å². The highest BCUT2D eigenvalue weighted by Crippen LogP contribution is 2.24. The van der Waals surface area contributed by atoms with Gasteiger partial charge in [-0.15, -0.1) is 0 Å². The second kappa shape index (κ2) is 4.06. The van der Waals surface area contributed by atoms with Gasteiger partial charge in [0.2, 0.25) is 0 Å². The van der Waals surface area contributed by atoms with Crippen LogP contribution >= 0.6 is 10.7 Å². The summed E-state index contributed by atoms with van der Waals surface area (Å²) in [7, 11) is 0.727. The predicted octanol–water partition coefficient (Wildman–Crippen LogP) is 1.22. The number of nitrogens with zero attached hydrogens (tertiary/aromatic N) is 1. The lowest BCUT2D eigenvalue weighted by Gasteiger charge is -2.01. The molecule has 0 saturated carbocycles. The smallest absolute Gasteiger partial charge is 0.337 e. The Hall–Kier alpha value is -1.67. The van der Waals surface area contributed by atoms with Crippen LogP contribution in [-0.2, 0) is 9.05 Å². The molecule has 0 spiro atoms. The van der Waals surface area contributed by atoms with Crippen molar-refractivity contribution in [2.75, 3.05) is 0 Å². The van der Waals surface area contributed by atoms with Gasteiger partial charge in [-0.1, -0.05) is 0 Å². The third-order valence-electron chi connectivity index (χ3n) is 1.67. The van der Waals surface area contributed by atoms with E-state index in [9.17, 15) is 23.3 Å². The topological polar surface area (TPSA) is 115 Å². The van der Waals surface area contributed by atoms with Crippen LogP contribution in [0.2, 0.25) is 0 Å². The molecule has 1 aromatic rings. The summed E-state index contributed by atoms with van der Waals surface area (Å²) in [6, 6.07) is 2.28. The number of carboxylic acid groups (broad SMARTS) is 1. The lowest BCUT2D eigenvalue weighted by Crippen LogP contribution is -2.05. The SMILES string of the molecule is O=C(O)c1cc([N+](=O)[O-])ccc1S(=O)(=O)Cl. The number of aromatic carboxylic acids is 1. The summed E-state index contributed by atoms with van der Waals surface area (Å²) in [6.45, 7) is 0. The van der Waals surface area contributed by atoms with E-state index in [4.69, 9.17) is 15.8 Å². The van der Waals surface area contributed by atoms with Gasteiger partial charge in [-0.2, -0.15) is 0 Å². The second-order valence-electron chi connectivity index (χ2n) is 2.68. The van der Waals surface area contributed by atoms with Crippen LogP contribution < -0.4 is 0 Å². The van der Waals surface area contributed by atoms with Gasteiger partial charge in [-0.05, 0) is 6.07 Å². The molecule has 0 aliphatic carbocycles. The van der Waals surface area contributed by atoms with Crippen molar-refractivity contribution in [2.45, 2.75) is 4.90 Å². The number of halogens is 1. The van der Waals surface area contributed by atoms with Gasteiger partial charge < -0.3 is 5.11 Å². The Kier molecular flexibility index (Phi) is 3.15. The van der Waals surface area contributed by atoms with E-state index in [1.54, 1.807) is 0 Å². The summed E-state index contributed by atoms with van der Waals surface area (Å²) in [4.78, 5) is 19.6. The van der Waals surface area contributed by atoms with Crippen LogP contribution in [0.25, 0.3) is 0 Å². The van der Waals surface area contributed by atoms with Gasteiger partial charge in [-0.25, -0.2) is 13.2 Å². The molecule has 0 heterocycles. The summed E-state index contributed by atoms with van der Waals surface area (Å²) in [5.41, 5.74) is -1.26. The Morgan fingerprint density at radius 2 is 2.00 bits per heavy atom. The molecule has 0 unspecified atom stereocenters. The maximum Gasteiger partial charge on any atom is 0.337 e. The molecular weight excluding hydrogens is 262 g/mol. The Labute approximate surface area is 93.8 Å².